The van der Waals surface area contributed by atoms with Gasteiger partial charge in [0.25, 0.3) is 0 Å². The zero-order valence-corrected chi connectivity index (χ0v) is 9.84. The molecule has 6 heteroatoms. The summed E-state index contributed by atoms with van der Waals surface area (Å²) in [4.78, 5) is 12.3. The predicted octanol–water partition coefficient (Wildman–Crippen LogP) is -3.87. The van der Waals surface area contributed by atoms with Crippen molar-refractivity contribution in [2.24, 2.45) is 0 Å². The molecule has 1 atom stereocenters. The second-order valence-corrected chi connectivity index (χ2v) is 3.80. The van der Waals surface area contributed by atoms with Gasteiger partial charge >= 0.3 is 18.9 Å². The predicted molar refractivity (Wildman–Crippen MR) is 55.1 cm³/mol. The number of benzene rings is 1. The number of carboxylic acid groups (broad SMARTS) is 1. The number of rotatable bonds is 2. The number of β-amino-alcohol motifs (C(OH)–C–C–N with tert-alkyl or cyclic N) is 1. The second-order valence-electron chi connectivity index (χ2n) is 3.80. The molecule has 1 aliphatic heterocycles. The largest absolute Gasteiger partial charge is 1.00 e. The van der Waals surface area contributed by atoms with Crippen LogP contribution in [0.3, 0.4) is 0 Å². The number of carbonyl (C=O) groups excluding carboxylic acids is 1. The second kappa shape index (κ2) is 5.45. The van der Waals surface area contributed by atoms with Gasteiger partial charge in [-0.2, -0.15) is 0 Å². The van der Waals surface area contributed by atoms with E-state index in [4.69, 9.17) is 4.74 Å². The van der Waals surface area contributed by atoms with E-state index in [1.54, 1.807) is 18.2 Å². The molecule has 0 aromatic heterocycles. The van der Waals surface area contributed by atoms with Gasteiger partial charge in [0.05, 0.1) is 12.2 Å². The van der Waals surface area contributed by atoms with Gasteiger partial charge in [0, 0.05) is 19.4 Å². The molecule has 1 N–H and O–H groups in total. The van der Waals surface area contributed by atoms with Crippen LogP contribution in [0.25, 0.3) is 0 Å². The summed E-state index contributed by atoms with van der Waals surface area (Å²) in [6.07, 6.45) is -0.964. The number of anilines is 1. The third kappa shape index (κ3) is 3.16. The molecule has 1 heterocycles. The van der Waals surface area contributed by atoms with Crippen molar-refractivity contribution in [1.29, 1.82) is 0 Å². The summed E-state index contributed by atoms with van der Waals surface area (Å²) in [5.74, 6) is -0.553. The van der Waals surface area contributed by atoms with E-state index < -0.39 is 12.3 Å². The molecule has 0 amide bonds. The summed E-state index contributed by atoms with van der Waals surface area (Å²) in [5.41, 5.74) is 1.44. The van der Waals surface area contributed by atoms with Crippen molar-refractivity contribution < 1.29 is 38.6 Å². The summed E-state index contributed by atoms with van der Waals surface area (Å²) < 4.78 is 5.21. The molecule has 86 valence electrons. The number of likely N-dealkylation sites (N-methyl/N-ethyl adjacent to an activating group) is 1. The average Bonchev–Trinajstić information content (AvgIpc) is 2.18. The first-order valence-electron chi connectivity index (χ1n) is 4.95. The normalized spacial score (nSPS) is 17.8. The van der Waals surface area contributed by atoms with Crippen molar-refractivity contribution >= 4 is 11.7 Å². The fourth-order valence-corrected chi connectivity index (χ4v) is 1.75. The summed E-state index contributed by atoms with van der Waals surface area (Å²) in [7, 11) is 1.81. The van der Waals surface area contributed by atoms with Crippen molar-refractivity contribution in [1.82, 2.24) is 0 Å². The first-order valence-corrected chi connectivity index (χ1v) is 4.95. The number of aliphatic carboxylic acids is 1. The average molecular weight is 229 g/mol. The van der Waals surface area contributed by atoms with Gasteiger partial charge in [-0.3, -0.25) is 0 Å². The fraction of sp³-hybridized carbons (Fsp3) is 0.364. The number of carbonyl (C=O) groups is 1. The Bertz CT molecular complexity index is 424. The Morgan fingerprint density at radius 2 is 2.35 bits per heavy atom. The molecule has 1 aromatic rings. The third-order valence-electron chi connectivity index (χ3n) is 2.48. The number of nitrogens with zero attached hydrogens (tertiary/aromatic N) is 1. The van der Waals surface area contributed by atoms with Crippen LogP contribution in [-0.4, -0.2) is 31.0 Å². The molecule has 0 radical (unpaired) electrons. The molecule has 0 saturated carbocycles. The van der Waals surface area contributed by atoms with Gasteiger partial charge < -0.3 is 24.6 Å². The van der Waals surface area contributed by atoms with Crippen LogP contribution in [0.1, 0.15) is 5.56 Å². The first-order chi connectivity index (χ1) is 7.56. The number of aliphatic hydroxyl groups excluding tert-OH is 1. The van der Waals surface area contributed by atoms with E-state index in [0.717, 1.165) is 5.69 Å². The molecule has 5 nitrogen and oxygen atoms in total. The number of aliphatic hydroxyl groups is 1. The quantitative estimate of drug-likeness (QED) is 0.525. The van der Waals surface area contributed by atoms with Gasteiger partial charge in [-0.05, 0) is 17.7 Å². The van der Waals surface area contributed by atoms with Gasteiger partial charge in [-0.25, -0.2) is 0 Å². The van der Waals surface area contributed by atoms with Crippen LogP contribution in [0.5, 0.6) is 5.75 Å². The molecule has 0 spiro atoms. The fourth-order valence-electron chi connectivity index (χ4n) is 1.75. The minimum Gasteiger partial charge on any atom is -0.550 e. The van der Waals surface area contributed by atoms with Gasteiger partial charge in [0.1, 0.15) is 5.75 Å². The molecule has 17 heavy (non-hydrogen) atoms. The minimum atomic E-state index is -1.11. The topological polar surface area (TPSA) is 72.8 Å². The molecule has 1 aromatic carbocycles. The maximum atomic E-state index is 10.5. The zero-order chi connectivity index (χ0) is 11.7. The van der Waals surface area contributed by atoms with E-state index >= 15 is 0 Å². The molecular formula is C11H12LiNO4. The van der Waals surface area contributed by atoms with Crippen molar-refractivity contribution in [2.45, 2.75) is 12.7 Å². The summed E-state index contributed by atoms with van der Waals surface area (Å²) >= 11 is 0. The van der Waals surface area contributed by atoms with Crippen LogP contribution in [0.4, 0.5) is 5.69 Å². The summed E-state index contributed by atoms with van der Waals surface area (Å²) in [6, 6.07) is 5.05. The number of fused-ring (bicyclic) bond motifs is 1. The molecule has 0 saturated heterocycles. The van der Waals surface area contributed by atoms with Gasteiger partial charge in [-0.1, -0.05) is 6.07 Å². The van der Waals surface area contributed by atoms with Crippen LogP contribution in [0.15, 0.2) is 18.2 Å². The molecule has 0 fully saturated rings. The number of carboxylic acids is 1. The molecular weight excluding hydrogens is 217 g/mol. The van der Waals surface area contributed by atoms with E-state index in [1.165, 1.54) is 0 Å². The Balaban J connectivity index is 0.00000144. The number of ether oxygens (including phenoxy) is 1. The number of hydrogen-bond donors (Lipinski definition) is 1. The summed E-state index contributed by atoms with van der Waals surface area (Å²) in [5, 5.41) is 19.8. The summed E-state index contributed by atoms with van der Waals surface area (Å²) in [6.45, 7) is 0.363. The van der Waals surface area contributed by atoms with Crippen molar-refractivity contribution in [3.63, 3.8) is 0 Å². The van der Waals surface area contributed by atoms with E-state index in [2.05, 4.69) is 0 Å². The van der Waals surface area contributed by atoms with E-state index in [1.807, 2.05) is 11.9 Å². The van der Waals surface area contributed by atoms with Gasteiger partial charge in [0.2, 0.25) is 6.29 Å². The Hall–Kier alpha value is -1.15. The van der Waals surface area contributed by atoms with Crippen molar-refractivity contribution in [3.05, 3.63) is 23.8 Å². The zero-order valence-electron chi connectivity index (χ0n) is 9.84. The van der Waals surface area contributed by atoms with Crippen molar-refractivity contribution in [3.8, 4) is 5.75 Å². The third-order valence-corrected chi connectivity index (χ3v) is 2.48. The first kappa shape index (κ1) is 13.9. The smallest absolute Gasteiger partial charge is 0.550 e. The Labute approximate surface area is 111 Å². The standard InChI is InChI=1S/C11H13NO4.Li/c1-12-6-11(15)16-9-3-2-7(4-8(9)12)5-10(13)14;/h2-4,11,15H,5-6H2,1H3,(H,13,14);/q;+1/p-1. The maximum Gasteiger partial charge on any atom is 1.00 e. The van der Waals surface area contributed by atoms with Gasteiger partial charge in [0.15, 0.2) is 0 Å². The minimum absolute atomic E-state index is 0. The van der Waals surface area contributed by atoms with E-state index in [0.29, 0.717) is 17.9 Å². The van der Waals surface area contributed by atoms with Crippen LogP contribution < -0.4 is 33.6 Å². The molecule has 0 bridgehead atoms. The van der Waals surface area contributed by atoms with E-state index in [9.17, 15) is 15.0 Å². The van der Waals surface area contributed by atoms with Crippen LogP contribution in [-0.2, 0) is 11.2 Å². The van der Waals surface area contributed by atoms with Crippen LogP contribution >= 0.6 is 0 Å². The molecule has 1 unspecified atom stereocenters. The van der Waals surface area contributed by atoms with Crippen LogP contribution in [0, 0.1) is 0 Å². The van der Waals surface area contributed by atoms with Crippen molar-refractivity contribution in [2.75, 3.05) is 18.5 Å². The molecule has 0 aliphatic carbocycles. The maximum absolute atomic E-state index is 10.5. The monoisotopic (exact) mass is 229 g/mol. The van der Waals surface area contributed by atoms with Crippen LogP contribution in [0.2, 0.25) is 0 Å². The molecule has 1 aliphatic rings. The molecule has 2 rings (SSSR count). The number of hydrogen-bond acceptors (Lipinski definition) is 5. The van der Waals surface area contributed by atoms with E-state index in [-0.39, 0.29) is 25.3 Å². The Morgan fingerprint density at radius 3 is 3.00 bits per heavy atom. The SMILES string of the molecule is CN1CC(O)Oc2ccc(CC(=O)[O-])cc21.[Li+]. The Kier molecular flexibility index (Phi) is 4.46. The Morgan fingerprint density at radius 1 is 1.65 bits per heavy atom. The van der Waals surface area contributed by atoms with Gasteiger partial charge in [-0.15, -0.1) is 0 Å².